The van der Waals surface area contributed by atoms with Crippen molar-refractivity contribution in [3.05, 3.63) is 93.5 Å². The molecule has 7 nitrogen and oxygen atoms in total. The molecule has 1 atom stereocenters. The van der Waals surface area contributed by atoms with Crippen molar-refractivity contribution in [1.29, 1.82) is 0 Å². The summed E-state index contributed by atoms with van der Waals surface area (Å²) >= 11 is 12.4. The fraction of sp³-hybridized carbons (Fsp3) is 0.333. The number of halogens is 2. The lowest BCUT2D eigenvalue weighted by molar-refractivity contribution is -0.140. The van der Waals surface area contributed by atoms with Crippen LogP contribution in [0.1, 0.15) is 43.4 Å². The minimum absolute atomic E-state index is 0.0413. The van der Waals surface area contributed by atoms with Gasteiger partial charge in [0.15, 0.2) is 0 Å². The number of aryl methyl sites for hydroxylation is 2. The number of carbonyl (C=O) groups excluding carboxylic acids is 2. The standard InChI is InChI=1S/C30H35Cl2N3O4S/c1-5-17-33-30(37)28(6-2)34(19-23-10-12-24(31)13-11-23)29(36)20-35(25-14-9-22(4)27(32)18-25)40(38,39)26-15-7-21(3)8-16-26/h7-16,18,28H,5-6,17,19-20H2,1-4H3,(H,33,37). The van der Waals surface area contributed by atoms with E-state index in [9.17, 15) is 18.0 Å². The van der Waals surface area contributed by atoms with Gasteiger partial charge in [0.1, 0.15) is 12.6 Å². The summed E-state index contributed by atoms with van der Waals surface area (Å²) < 4.78 is 28.9. The van der Waals surface area contributed by atoms with Crippen LogP contribution in [0.3, 0.4) is 0 Å². The molecule has 214 valence electrons. The molecular formula is C30H35Cl2N3O4S. The third kappa shape index (κ3) is 7.77. The highest BCUT2D eigenvalue weighted by Crippen LogP contribution is 2.29. The van der Waals surface area contributed by atoms with E-state index in [1.54, 1.807) is 48.5 Å². The van der Waals surface area contributed by atoms with E-state index in [0.29, 0.717) is 23.0 Å². The van der Waals surface area contributed by atoms with Crippen LogP contribution in [-0.2, 0) is 26.2 Å². The third-order valence-electron chi connectivity index (χ3n) is 6.53. The molecule has 0 heterocycles. The first-order valence-corrected chi connectivity index (χ1v) is 15.3. The normalized spacial score (nSPS) is 12.1. The second-order valence-electron chi connectivity index (χ2n) is 9.62. The predicted octanol–water partition coefficient (Wildman–Crippen LogP) is 6.14. The first-order valence-electron chi connectivity index (χ1n) is 13.1. The van der Waals surface area contributed by atoms with E-state index >= 15 is 0 Å². The molecular weight excluding hydrogens is 569 g/mol. The Balaban J connectivity index is 2.07. The van der Waals surface area contributed by atoms with Gasteiger partial charge in [0.2, 0.25) is 11.8 Å². The molecule has 3 aromatic rings. The molecule has 0 aliphatic carbocycles. The van der Waals surface area contributed by atoms with Crippen molar-refractivity contribution < 1.29 is 18.0 Å². The lowest BCUT2D eigenvalue weighted by Crippen LogP contribution is -2.52. The third-order valence-corrected chi connectivity index (χ3v) is 8.98. The first kappa shape index (κ1) is 31.5. The quantitative estimate of drug-likeness (QED) is 0.269. The Morgan fingerprint density at radius 3 is 2.15 bits per heavy atom. The maximum atomic E-state index is 14.0. The number of nitrogens with one attached hydrogen (secondary N) is 1. The maximum Gasteiger partial charge on any atom is 0.264 e. The molecule has 0 spiro atoms. The van der Waals surface area contributed by atoms with E-state index in [1.165, 1.54) is 23.1 Å². The van der Waals surface area contributed by atoms with Gasteiger partial charge < -0.3 is 10.2 Å². The summed E-state index contributed by atoms with van der Waals surface area (Å²) in [6.07, 6.45) is 1.08. The first-order chi connectivity index (χ1) is 19.0. The van der Waals surface area contributed by atoms with E-state index in [0.717, 1.165) is 27.4 Å². The number of amides is 2. The topological polar surface area (TPSA) is 86.8 Å². The van der Waals surface area contributed by atoms with E-state index in [2.05, 4.69) is 5.32 Å². The van der Waals surface area contributed by atoms with Crippen molar-refractivity contribution in [2.45, 2.75) is 58.0 Å². The molecule has 0 fully saturated rings. The summed E-state index contributed by atoms with van der Waals surface area (Å²) in [5.41, 5.74) is 2.68. The fourth-order valence-electron chi connectivity index (χ4n) is 4.18. The van der Waals surface area contributed by atoms with Gasteiger partial charge in [-0.25, -0.2) is 8.42 Å². The Kier molecular flexibility index (Phi) is 11.0. The van der Waals surface area contributed by atoms with Crippen molar-refractivity contribution in [3.8, 4) is 0 Å². The minimum Gasteiger partial charge on any atom is -0.354 e. The van der Waals surface area contributed by atoms with Crippen LogP contribution in [0, 0.1) is 13.8 Å². The van der Waals surface area contributed by atoms with Crippen molar-refractivity contribution in [3.63, 3.8) is 0 Å². The van der Waals surface area contributed by atoms with Crippen LogP contribution in [-0.4, -0.2) is 44.3 Å². The monoisotopic (exact) mass is 603 g/mol. The van der Waals surface area contributed by atoms with Crippen molar-refractivity contribution >= 4 is 50.7 Å². The average Bonchev–Trinajstić information content (AvgIpc) is 2.93. The Hall–Kier alpha value is -3.07. The van der Waals surface area contributed by atoms with Crippen LogP contribution in [0.25, 0.3) is 0 Å². The number of hydrogen-bond acceptors (Lipinski definition) is 4. The molecule has 1 unspecified atom stereocenters. The molecule has 0 aliphatic rings. The number of nitrogens with zero attached hydrogens (tertiary/aromatic N) is 2. The van der Waals surface area contributed by atoms with Crippen molar-refractivity contribution in [2.75, 3.05) is 17.4 Å². The molecule has 1 N–H and O–H groups in total. The lowest BCUT2D eigenvalue weighted by atomic mass is 10.1. The van der Waals surface area contributed by atoms with E-state index in [-0.39, 0.29) is 23.0 Å². The van der Waals surface area contributed by atoms with Gasteiger partial charge in [-0.3, -0.25) is 13.9 Å². The number of benzene rings is 3. The number of anilines is 1. The van der Waals surface area contributed by atoms with Crippen LogP contribution >= 0.6 is 23.2 Å². The second kappa shape index (κ2) is 14.0. The Labute approximate surface area is 247 Å². The Morgan fingerprint density at radius 2 is 1.57 bits per heavy atom. The molecule has 0 radical (unpaired) electrons. The molecule has 0 aromatic heterocycles. The van der Waals surface area contributed by atoms with Gasteiger partial charge >= 0.3 is 0 Å². The van der Waals surface area contributed by atoms with Gasteiger partial charge in [-0.05, 0) is 74.2 Å². The van der Waals surface area contributed by atoms with Crippen LogP contribution in [0.5, 0.6) is 0 Å². The van der Waals surface area contributed by atoms with Crippen LogP contribution < -0.4 is 9.62 Å². The Bertz CT molecular complexity index is 1430. The summed E-state index contributed by atoms with van der Waals surface area (Å²) in [7, 11) is -4.17. The Morgan fingerprint density at radius 1 is 0.925 bits per heavy atom. The smallest absolute Gasteiger partial charge is 0.264 e. The fourth-order valence-corrected chi connectivity index (χ4v) is 5.88. The molecule has 3 aromatic carbocycles. The average molecular weight is 605 g/mol. The number of sulfonamides is 1. The molecule has 3 rings (SSSR count). The molecule has 40 heavy (non-hydrogen) atoms. The second-order valence-corrected chi connectivity index (χ2v) is 12.3. The predicted molar refractivity (Wildman–Crippen MR) is 161 cm³/mol. The van der Waals surface area contributed by atoms with Crippen LogP contribution in [0.15, 0.2) is 71.6 Å². The summed E-state index contributed by atoms with van der Waals surface area (Å²) in [4.78, 5) is 28.7. The van der Waals surface area contributed by atoms with Gasteiger partial charge in [-0.2, -0.15) is 0 Å². The number of carbonyl (C=O) groups is 2. The largest absolute Gasteiger partial charge is 0.354 e. The minimum atomic E-state index is -4.17. The zero-order valence-electron chi connectivity index (χ0n) is 23.2. The van der Waals surface area contributed by atoms with Gasteiger partial charge in [0.05, 0.1) is 10.6 Å². The zero-order chi connectivity index (χ0) is 29.4. The van der Waals surface area contributed by atoms with Crippen molar-refractivity contribution in [1.82, 2.24) is 10.2 Å². The summed E-state index contributed by atoms with van der Waals surface area (Å²) in [5, 5.41) is 3.79. The van der Waals surface area contributed by atoms with Gasteiger partial charge in [0, 0.05) is 23.1 Å². The maximum absolute atomic E-state index is 14.0. The molecule has 0 bridgehead atoms. The summed E-state index contributed by atoms with van der Waals surface area (Å²) in [6.45, 7) is 7.47. The molecule has 2 amide bonds. The highest BCUT2D eigenvalue weighted by atomic mass is 35.5. The van der Waals surface area contributed by atoms with Crippen LogP contribution in [0.2, 0.25) is 10.0 Å². The summed E-state index contributed by atoms with van der Waals surface area (Å²) in [6, 6.07) is 17.4. The number of rotatable bonds is 12. The molecule has 0 saturated carbocycles. The highest BCUT2D eigenvalue weighted by molar-refractivity contribution is 7.92. The molecule has 10 heteroatoms. The zero-order valence-corrected chi connectivity index (χ0v) is 25.5. The van der Waals surface area contributed by atoms with Crippen molar-refractivity contribution in [2.24, 2.45) is 0 Å². The van der Waals surface area contributed by atoms with Gasteiger partial charge in [-0.1, -0.05) is 72.9 Å². The number of hydrogen-bond donors (Lipinski definition) is 1. The lowest BCUT2D eigenvalue weighted by Gasteiger charge is -2.33. The summed E-state index contributed by atoms with van der Waals surface area (Å²) in [5.74, 6) is -0.821. The molecule has 0 saturated heterocycles. The van der Waals surface area contributed by atoms with Gasteiger partial charge in [-0.15, -0.1) is 0 Å². The van der Waals surface area contributed by atoms with E-state index in [1.807, 2.05) is 27.7 Å². The highest BCUT2D eigenvalue weighted by Gasteiger charge is 2.33. The van der Waals surface area contributed by atoms with E-state index in [4.69, 9.17) is 23.2 Å². The van der Waals surface area contributed by atoms with Crippen LogP contribution in [0.4, 0.5) is 5.69 Å². The van der Waals surface area contributed by atoms with Gasteiger partial charge in [0.25, 0.3) is 10.0 Å². The van der Waals surface area contributed by atoms with E-state index < -0.39 is 28.5 Å². The SMILES string of the molecule is CCCNC(=O)C(CC)N(Cc1ccc(Cl)cc1)C(=O)CN(c1ccc(C)c(Cl)c1)S(=O)(=O)c1ccc(C)cc1. The molecule has 0 aliphatic heterocycles.